The molecule has 1 atom stereocenters. The summed E-state index contributed by atoms with van der Waals surface area (Å²) in [5.74, 6) is 0. The molecule has 1 aliphatic heterocycles. The van der Waals surface area contributed by atoms with E-state index in [-0.39, 0.29) is 0 Å². The minimum atomic E-state index is -3.58. The van der Waals surface area contributed by atoms with Gasteiger partial charge in [-0.25, -0.2) is 8.42 Å². The van der Waals surface area contributed by atoms with E-state index in [1.807, 2.05) is 61.5 Å². The summed E-state index contributed by atoms with van der Waals surface area (Å²) in [6.45, 7) is 2.73. The fourth-order valence-electron chi connectivity index (χ4n) is 2.63. The van der Waals surface area contributed by atoms with Crippen LogP contribution in [0.3, 0.4) is 0 Å². The number of hydrogen-bond donors (Lipinski definition) is 0. The maximum absolute atomic E-state index is 12.9. The second kappa shape index (κ2) is 7.30. The summed E-state index contributed by atoms with van der Waals surface area (Å²) in [6, 6.07) is 16.7. The van der Waals surface area contributed by atoms with Crippen LogP contribution in [0.2, 0.25) is 0 Å². The Morgan fingerprint density at radius 1 is 1.08 bits per heavy atom. The Kier molecular flexibility index (Phi) is 5.14. The Labute approximate surface area is 143 Å². The Hall–Kier alpha value is -1.95. The highest BCUT2D eigenvalue weighted by Gasteiger charge is 2.32. The van der Waals surface area contributed by atoms with E-state index in [1.165, 1.54) is 4.31 Å². The van der Waals surface area contributed by atoms with Crippen LogP contribution in [0, 0.1) is 6.92 Å². The van der Waals surface area contributed by atoms with Crippen LogP contribution in [-0.4, -0.2) is 25.5 Å². The largest absolute Gasteiger partial charge is 0.354 e. The number of nitrogens with zero attached hydrogens (tertiary/aromatic N) is 1. The molecular weight excluding hydrogens is 322 g/mol. The molecule has 0 bridgehead atoms. The molecule has 0 saturated carbocycles. The van der Waals surface area contributed by atoms with Crippen LogP contribution in [-0.2, 0) is 21.4 Å². The van der Waals surface area contributed by atoms with Crippen LogP contribution in [0.1, 0.15) is 17.5 Å². The molecule has 126 valence electrons. The summed E-state index contributed by atoms with van der Waals surface area (Å²) in [5.41, 5.74) is 2.05. The van der Waals surface area contributed by atoms with E-state index in [1.54, 1.807) is 12.1 Å². The minimum absolute atomic E-state index is 0.303. The lowest BCUT2D eigenvalue weighted by atomic mass is 10.2. The number of sulfonamides is 1. The molecule has 1 unspecified atom stereocenters. The van der Waals surface area contributed by atoms with Crippen molar-refractivity contribution in [1.29, 1.82) is 0 Å². The monoisotopic (exact) mass is 343 g/mol. The highest BCUT2D eigenvalue weighted by atomic mass is 32.2. The molecule has 0 aromatic heterocycles. The summed E-state index contributed by atoms with van der Waals surface area (Å²) in [7, 11) is -3.58. The number of ether oxygens (including phenoxy) is 1. The molecule has 0 radical (unpaired) electrons. The van der Waals surface area contributed by atoms with E-state index in [2.05, 4.69) is 0 Å². The quantitative estimate of drug-likeness (QED) is 0.781. The fraction of sp³-hybridized carbons (Fsp3) is 0.263. The van der Waals surface area contributed by atoms with Crippen molar-refractivity contribution in [1.82, 2.24) is 4.31 Å². The van der Waals surface area contributed by atoms with E-state index in [9.17, 15) is 8.42 Å². The SMILES string of the molecule is Cc1ccc(S(=O)(=O)N2CCC=CC2OCc2ccccc2)cc1. The maximum atomic E-state index is 12.9. The first-order valence-electron chi connectivity index (χ1n) is 7.98. The molecule has 5 heteroatoms. The second-order valence-corrected chi connectivity index (χ2v) is 7.72. The molecule has 2 aromatic rings. The predicted octanol–water partition coefficient (Wildman–Crippen LogP) is 3.49. The van der Waals surface area contributed by atoms with Gasteiger partial charge in [0.15, 0.2) is 0 Å². The first kappa shape index (κ1) is 16.9. The summed E-state index contributed by atoms with van der Waals surface area (Å²) in [4.78, 5) is 0.303. The number of benzene rings is 2. The van der Waals surface area contributed by atoms with E-state index in [0.717, 1.165) is 11.1 Å². The predicted molar refractivity (Wildman–Crippen MR) is 93.8 cm³/mol. The van der Waals surface area contributed by atoms with Gasteiger partial charge in [0.2, 0.25) is 10.0 Å². The van der Waals surface area contributed by atoms with Gasteiger partial charge in [-0.3, -0.25) is 0 Å². The standard InChI is InChI=1S/C19H21NO3S/c1-16-10-12-18(13-11-16)24(21,22)20-14-6-5-9-19(20)23-15-17-7-3-2-4-8-17/h2-5,7-13,19H,6,14-15H2,1H3. The van der Waals surface area contributed by atoms with Gasteiger partial charge in [-0.2, -0.15) is 4.31 Å². The van der Waals surface area contributed by atoms with E-state index in [0.29, 0.717) is 24.5 Å². The van der Waals surface area contributed by atoms with Gasteiger partial charge in [0, 0.05) is 6.54 Å². The smallest absolute Gasteiger partial charge is 0.245 e. The molecule has 4 nitrogen and oxygen atoms in total. The van der Waals surface area contributed by atoms with Crippen LogP contribution in [0.5, 0.6) is 0 Å². The molecule has 24 heavy (non-hydrogen) atoms. The molecule has 0 fully saturated rings. The number of hydrogen-bond acceptors (Lipinski definition) is 3. The van der Waals surface area contributed by atoms with Crippen molar-refractivity contribution in [3.8, 4) is 0 Å². The number of rotatable bonds is 5. The Morgan fingerprint density at radius 3 is 2.50 bits per heavy atom. The van der Waals surface area contributed by atoms with Gasteiger partial charge in [-0.05, 0) is 37.1 Å². The molecule has 1 heterocycles. The fourth-order valence-corrected chi connectivity index (χ4v) is 4.14. The molecule has 0 N–H and O–H groups in total. The zero-order valence-electron chi connectivity index (χ0n) is 13.6. The average molecular weight is 343 g/mol. The molecular formula is C19H21NO3S. The van der Waals surface area contributed by atoms with Crippen LogP contribution >= 0.6 is 0 Å². The van der Waals surface area contributed by atoms with Crippen molar-refractivity contribution < 1.29 is 13.2 Å². The molecule has 0 saturated heterocycles. The first-order valence-corrected chi connectivity index (χ1v) is 9.42. The Bertz CT molecular complexity index is 798. The Morgan fingerprint density at radius 2 is 1.79 bits per heavy atom. The van der Waals surface area contributed by atoms with Gasteiger partial charge in [0.1, 0.15) is 6.23 Å². The topological polar surface area (TPSA) is 46.6 Å². The van der Waals surface area contributed by atoms with Crippen LogP contribution in [0.15, 0.2) is 71.6 Å². The number of aryl methyl sites for hydroxylation is 1. The van der Waals surface area contributed by atoms with Gasteiger partial charge >= 0.3 is 0 Å². The summed E-state index contributed by atoms with van der Waals surface area (Å²) < 4.78 is 33.2. The molecule has 1 aliphatic rings. The highest BCUT2D eigenvalue weighted by Crippen LogP contribution is 2.23. The van der Waals surface area contributed by atoms with Crippen LogP contribution < -0.4 is 0 Å². The lowest BCUT2D eigenvalue weighted by molar-refractivity contribution is -0.000484. The minimum Gasteiger partial charge on any atom is -0.354 e. The zero-order valence-corrected chi connectivity index (χ0v) is 14.4. The van der Waals surface area contributed by atoms with E-state index < -0.39 is 16.3 Å². The van der Waals surface area contributed by atoms with Crippen molar-refractivity contribution in [3.63, 3.8) is 0 Å². The lowest BCUT2D eigenvalue weighted by Gasteiger charge is -2.31. The van der Waals surface area contributed by atoms with Gasteiger partial charge in [0.05, 0.1) is 11.5 Å². The maximum Gasteiger partial charge on any atom is 0.245 e. The Balaban J connectivity index is 1.79. The second-order valence-electron chi connectivity index (χ2n) is 5.83. The van der Waals surface area contributed by atoms with Crippen LogP contribution in [0.4, 0.5) is 0 Å². The molecule has 3 rings (SSSR count). The highest BCUT2D eigenvalue weighted by molar-refractivity contribution is 7.89. The van der Waals surface area contributed by atoms with Crippen molar-refractivity contribution >= 4 is 10.0 Å². The van der Waals surface area contributed by atoms with Crippen LogP contribution in [0.25, 0.3) is 0 Å². The first-order chi connectivity index (χ1) is 11.6. The third-order valence-corrected chi connectivity index (χ3v) is 5.87. The van der Waals surface area contributed by atoms with Crippen molar-refractivity contribution in [3.05, 3.63) is 77.9 Å². The third kappa shape index (κ3) is 3.75. The molecule has 0 aliphatic carbocycles. The van der Waals surface area contributed by atoms with Gasteiger partial charge in [-0.15, -0.1) is 0 Å². The molecule has 2 aromatic carbocycles. The van der Waals surface area contributed by atoms with Crippen molar-refractivity contribution in [2.75, 3.05) is 6.54 Å². The summed E-state index contributed by atoms with van der Waals surface area (Å²) in [6.07, 6.45) is 3.90. The van der Waals surface area contributed by atoms with Gasteiger partial charge < -0.3 is 4.74 Å². The average Bonchev–Trinajstić information content (AvgIpc) is 2.61. The third-order valence-electron chi connectivity index (χ3n) is 3.99. The van der Waals surface area contributed by atoms with E-state index in [4.69, 9.17) is 4.74 Å². The molecule has 0 amide bonds. The summed E-state index contributed by atoms with van der Waals surface area (Å²) in [5, 5.41) is 0. The van der Waals surface area contributed by atoms with Gasteiger partial charge in [-0.1, -0.05) is 54.1 Å². The zero-order chi connectivity index (χ0) is 17.0. The van der Waals surface area contributed by atoms with E-state index >= 15 is 0 Å². The van der Waals surface area contributed by atoms with Crippen molar-refractivity contribution in [2.45, 2.75) is 31.1 Å². The van der Waals surface area contributed by atoms with Gasteiger partial charge in [0.25, 0.3) is 0 Å². The molecule has 0 spiro atoms. The normalized spacial score (nSPS) is 18.6. The lowest BCUT2D eigenvalue weighted by Crippen LogP contribution is -2.43. The summed E-state index contributed by atoms with van der Waals surface area (Å²) >= 11 is 0. The van der Waals surface area contributed by atoms with Crippen molar-refractivity contribution in [2.24, 2.45) is 0 Å².